The number of nitrogen functional groups attached to an aromatic ring is 1. The average Bonchev–Trinajstić information content (AvgIpc) is 2.42. The Morgan fingerprint density at radius 1 is 1.32 bits per heavy atom. The zero-order valence-electron chi connectivity index (χ0n) is 10.3. The zero-order chi connectivity index (χ0) is 13.8. The molecule has 2 rings (SSSR count). The molecule has 0 radical (unpaired) electrons. The summed E-state index contributed by atoms with van der Waals surface area (Å²) in [6, 6.07) is 8.55. The van der Waals surface area contributed by atoms with Crippen molar-refractivity contribution >= 4 is 29.0 Å². The molecule has 6 heteroatoms. The van der Waals surface area contributed by atoms with Gasteiger partial charge in [-0.25, -0.2) is 10.8 Å². The maximum atomic E-state index is 12.0. The van der Waals surface area contributed by atoms with E-state index in [1.54, 1.807) is 30.3 Å². The highest BCUT2D eigenvalue weighted by Gasteiger charge is 2.08. The van der Waals surface area contributed by atoms with Crippen LogP contribution in [-0.2, 0) is 0 Å². The molecule has 0 saturated carbocycles. The van der Waals surface area contributed by atoms with Crippen molar-refractivity contribution in [2.45, 2.75) is 6.92 Å². The van der Waals surface area contributed by atoms with Crippen LogP contribution in [0, 0.1) is 6.92 Å². The number of amides is 1. The number of carbonyl (C=O) groups is 1. The third-order valence-electron chi connectivity index (χ3n) is 2.61. The SMILES string of the molecule is Cc1cc(Cl)ccc1NC(=O)c1ccc(NN)nc1. The third kappa shape index (κ3) is 3.21. The molecule has 0 atom stereocenters. The molecule has 0 saturated heterocycles. The average molecular weight is 277 g/mol. The van der Waals surface area contributed by atoms with Gasteiger partial charge in [0, 0.05) is 16.9 Å². The summed E-state index contributed by atoms with van der Waals surface area (Å²) in [5, 5.41) is 3.44. The van der Waals surface area contributed by atoms with Crippen LogP contribution in [-0.4, -0.2) is 10.9 Å². The van der Waals surface area contributed by atoms with Crippen LogP contribution in [0.2, 0.25) is 5.02 Å². The van der Waals surface area contributed by atoms with Gasteiger partial charge in [-0.1, -0.05) is 11.6 Å². The maximum absolute atomic E-state index is 12.0. The molecule has 0 unspecified atom stereocenters. The number of anilines is 2. The van der Waals surface area contributed by atoms with Crippen molar-refractivity contribution in [1.29, 1.82) is 0 Å². The molecule has 1 amide bonds. The molecule has 1 heterocycles. The molecule has 98 valence electrons. The van der Waals surface area contributed by atoms with E-state index in [0.717, 1.165) is 11.3 Å². The molecule has 0 aliphatic carbocycles. The lowest BCUT2D eigenvalue weighted by molar-refractivity contribution is 0.102. The van der Waals surface area contributed by atoms with E-state index in [1.807, 2.05) is 6.92 Å². The van der Waals surface area contributed by atoms with Gasteiger partial charge in [-0.2, -0.15) is 0 Å². The number of hydrazine groups is 1. The van der Waals surface area contributed by atoms with Crippen molar-refractivity contribution < 1.29 is 4.79 Å². The number of halogens is 1. The predicted octanol–water partition coefficient (Wildman–Crippen LogP) is 2.58. The van der Waals surface area contributed by atoms with Crippen LogP contribution < -0.4 is 16.6 Å². The number of nitrogens with one attached hydrogen (secondary N) is 2. The van der Waals surface area contributed by atoms with Gasteiger partial charge in [-0.3, -0.25) is 4.79 Å². The van der Waals surface area contributed by atoms with Crippen LogP contribution in [0.5, 0.6) is 0 Å². The Balaban J connectivity index is 2.15. The van der Waals surface area contributed by atoms with Crippen molar-refractivity contribution in [2.75, 3.05) is 10.7 Å². The fraction of sp³-hybridized carbons (Fsp3) is 0.0769. The summed E-state index contributed by atoms with van der Waals surface area (Å²) in [7, 11) is 0. The largest absolute Gasteiger partial charge is 0.322 e. The Morgan fingerprint density at radius 2 is 2.11 bits per heavy atom. The van der Waals surface area contributed by atoms with Crippen LogP contribution in [0.1, 0.15) is 15.9 Å². The fourth-order valence-corrected chi connectivity index (χ4v) is 1.80. The minimum absolute atomic E-state index is 0.235. The van der Waals surface area contributed by atoms with Gasteiger partial charge in [0.05, 0.1) is 5.56 Å². The predicted molar refractivity (Wildman–Crippen MR) is 76.2 cm³/mol. The monoisotopic (exact) mass is 276 g/mol. The highest BCUT2D eigenvalue weighted by Crippen LogP contribution is 2.20. The molecule has 5 nitrogen and oxygen atoms in total. The number of aryl methyl sites for hydroxylation is 1. The summed E-state index contributed by atoms with van der Waals surface area (Å²) in [6.45, 7) is 1.88. The number of benzene rings is 1. The number of hydrogen-bond acceptors (Lipinski definition) is 4. The lowest BCUT2D eigenvalue weighted by Gasteiger charge is -2.08. The molecule has 0 fully saturated rings. The zero-order valence-corrected chi connectivity index (χ0v) is 11.0. The van der Waals surface area contributed by atoms with E-state index in [9.17, 15) is 4.79 Å². The summed E-state index contributed by atoms with van der Waals surface area (Å²) in [5.41, 5.74) is 4.47. The first-order valence-corrected chi connectivity index (χ1v) is 5.98. The van der Waals surface area contributed by atoms with E-state index in [0.29, 0.717) is 16.4 Å². The third-order valence-corrected chi connectivity index (χ3v) is 2.85. The second-order valence-electron chi connectivity index (χ2n) is 3.99. The van der Waals surface area contributed by atoms with Gasteiger partial charge in [0.1, 0.15) is 5.82 Å². The second-order valence-corrected chi connectivity index (χ2v) is 4.43. The molecule has 1 aromatic carbocycles. The van der Waals surface area contributed by atoms with Crippen LogP contribution in [0.25, 0.3) is 0 Å². The Hall–Kier alpha value is -2.11. The second kappa shape index (κ2) is 5.69. The maximum Gasteiger partial charge on any atom is 0.257 e. The van der Waals surface area contributed by atoms with Gasteiger partial charge in [0.2, 0.25) is 0 Å². The van der Waals surface area contributed by atoms with Crippen molar-refractivity contribution in [1.82, 2.24) is 4.98 Å². The summed E-state index contributed by atoms with van der Waals surface area (Å²) in [4.78, 5) is 16.0. The Bertz CT molecular complexity index is 598. The number of pyridine rings is 1. The minimum atomic E-state index is -0.235. The van der Waals surface area contributed by atoms with E-state index in [2.05, 4.69) is 15.7 Å². The van der Waals surface area contributed by atoms with Crippen molar-refractivity contribution in [3.63, 3.8) is 0 Å². The lowest BCUT2D eigenvalue weighted by atomic mass is 10.2. The first kappa shape index (κ1) is 13.3. The van der Waals surface area contributed by atoms with Gasteiger partial charge in [-0.15, -0.1) is 0 Å². The molecular formula is C13H13ClN4O. The molecule has 0 aliphatic rings. The first-order valence-electron chi connectivity index (χ1n) is 5.60. The summed E-state index contributed by atoms with van der Waals surface area (Å²) < 4.78 is 0. The van der Waals surface area contributed by atoms with Gasteiger partial charge in [0.15, 0.2) is 0 Å². The topological polar surface area (TPSA) is 80.0 Å². The molecule has 4 N–H and O–H groups in total. The molecule has 2 aromatic rings. The normalized spacial score (nSPS) is 10.1. The standard InChI is InChI=1S/C13H13ClN4O/c1-8-6-10(14)3-4-11(8)17-13(19)9-2-5-12(18-15)16-7-9/h2-7H,15H2,1H3,(H,16,18)(H,17,19). The van der Waals surface area contributed by atoms with Gasteiger partial charge >= 0.3 is 0 Å². The number of carbonyl (C=O) groups excluding carboxylic acids is 1. The van der Waals surface area contributed by atoms with Gasteiger partial charge in [-0.05, 0) is 42.8 Å². The van der Waals surface area contributed by atoms with Crippen molar-refractivity contribution in [3.05, 3.63) is 52.7 Å². The fourth-order valence-electron chi connectivity index (χ4n) is 1.58. The van der Waals surface area contributed by atoms with Crippen LogP contribution in [0.4, 0.5) is 11.5 Å². The van der Waals surface area contributed by atoms with Crippen molar-refractivity contribution in [3.8, 4) is 0 Å². The van der Waals surface area contributed by atoms with E-state index < -0.39 is 0 Å². The van der Waals surface area contributed by atoms with Crippen LogP contribution in [0.15, 0.2) is 36.5 Å². The van der Waals surface area contributed by atoms with Gasteiger partial charge < -0.3 is 10.7 Å². The van der Waals surface area contributed by atoms with E-state index in [4.69, 9.17) is 17.4 Å². The summed E-state index contributed by atoms with van der Waals surface area (Å²) in [5.74, 6) is 5.47. The number of nitrogens with two attached hydrogens (primary N) is 1. The highest BCUT2D eigenvalue weighted by molar-refractivity contribution is 6.30. The van der Waals surface area contributed by atoms with Crippen LogP contribution in [0.3, 0.4) is 0 Å². The molecular weight excluding hydrogens is 264 g/mol. The quantitative estimate of drug-likeness (QED) is 0.595. The Morgan fingerprint density at radius 3 is 2.68 bits per heavy atom. The molecule has 1 aromatic heterocycles. The Labute approximate surface area is 115 Å². The van der Waals surface area contributed by atoms with E-state index >= 15 is 0 Å². The molecule has 0 spiro atoms. The number of rotatable bonds is 3. The number of hydrogen-bond donors (Lipinski definition) is 3. The highest BCUT2D eigenvalue weighted by atomic mass is 35.5. The molecule has 19 heavy (non-hydrogen) atoms. The van der Waals surface area contributed by atoms with E-state index in [-0.39, 0.29) is 5.91 Å². The smallest absolute Gasteiger partial charge is 0.257 e. The molecule has 0 aliphatic heterocycles. The summed E-state index contributed by atoms with van der Waals surface area (Å²) >= 11 is 5.86. The van der Waals surface area contributed by atoms with Crippen molar-refractivity contribution in [2.24, 2.45) is 5.84 Å². The van der Waals surface area contributed by atoms with Gasteiger partial charge in [0.25, 0.3) is 5.91 Å². The number of aromatic nitrogens is 1. The summed E-state index contributed by atoms with van der Waals surface area (Å²) in [6.07, 6.45) is 1.45. The Kier molecular flexibility index (Phi) is 3.99. The lowest BCUT2D eigenvalue weighted by Crippen LogP contribution is -2.14. The molecule has 0 bridgehead atoms. The van der Waals surface area contributed by atoms with E-state index in [1.165, 1.54) is 6.20 Å². The first-order chi connectivity index (χ1) is 9.10. The number of nitrogens with zero attached hydrogens (tertiary/aromatic N) is 1. The van der Waals surface area contributed by atoms with Crippen LogP contribution >= 0.6 is 11.6 Å². The minimum Gasteiger partial charge on any atom is -0.322 e.